The van der Waals surface area contributed by atoms with Gasteiger partial charge in [-0.05, 0) is 18.2 Å². The van der Waals surface area contributed by atoms with E-state index in [1.807, 2.05) is 0 Å². The van der Waals surface area contributed by atoms with Gasteiger partial charge in [-0.1, -0.05) is 108 Å². The van der Waals surface area contributed by atoms with E-state index >= 15 is 0 Å². The number of benzene rings is 3. The molecule has 0 aliphatic rings. The Morgan fingerprint density at radius 1 is 0.442 bits per heavy atom. The monoisotopic (exact) mass is 646 g/mol. The van der Waals surface area contributed by atoms with Crippen molar-refractivity contribution in [2.75, 3.05) is 0 Å². The van der Waals surface area contributed by atoms with Gasteiger partial charge in [0.25, 0.3) is 0 Å². The molecule has 0 amide bonds. The van der Waals surface area contributed by atoms with Crippen LogP contribution in [-0.4, -0.2) is 36.6 Å². The molecule has 0 aliphatic carbocycles. The number of alkyl halides is 6. The first-order valence-corrected chi connectivity index (χ1v) is 11.6. The summed E-state index contributed by atoms with van der Waals surface area (Å²) in [5, 5.41) is 31.5. The van der Waals surface area contributed by atoms with Crippen molar-refractivity contribution in [3.05, 3.63) is 143 Å². The molecule has 0 spiro atoms. The summed E-state index contributed by atoms with van der Waals surface area (Å²) in [5.74, 6) is -6.47. The van der Waals surface area contributed by atoms with Crippen molar-refractivity contribution in [2.45, 2.75) is 19.3 Å². The van der Waals surface area contributed by atoms with E-state index in [4.69, 9.17) is 0 Å². The van der Waals surface area contributed by atoms with Crippen molar-refractivity contribution in [1.29, 1.82) is 0 Å². The Bertz CT molecular complexity index is 1210. The summed E-state index contributed by atoms with van der Waals surface area (Å²) in [6.07, 6.45) is -8.12. The van der Waals surface area contributed by atoms with E-state index in [9.17, 15) is 56.0 Å². The standard InChI is InChI=1S/3C10H8F2O2.Mn/c3*11-10(12)9(14)6-8(13)7-4-2-1-3-5-7;/h3*1-6,10,14H;/q;;;+3/p-3/b3*9-6-;. The summed E-state index contributed by atoms with van der Waals surface area (Å²) in [5.41, 5.74) is 0.671. The van der Waals surface area contributed by atoms with Gasteiger partial charge in [-0.15, -0.1) is 0 Å². The number of rotatable bonds is 9. The Kier molecular flexibility index (Phi) is 18.1. The Morgan fingerprint density at radius 2 is 0.628 bits per heavy atom. The van der Waals surface area contributed by atoms with Crippen LogP contribution in [-0.2, 0) is 17.1 Å². The normalized spacial score (nSPS) is 11.5. The third-order valence-corrected chi connectivity index (χ3v) is 4.64. The predicted molar refractivity (Wildman–Crippen MR) is 135 cm³/mol. The number of carbonyl (C=O) groups excluding carboxylic acids is 3. The molecule has 226 valence electrons. The third-order valence-electron chi connectivity index (χ3n) is 4.64. The second-order valence-electron chi connectivity index (χ2n) is 7.73. The van der Waals surface area contributed by atoms with Crippen molar-refractivity contribution in [3.63, 3.8) is 0 Å². The third kappa shape index (κ3) is 15.3. The van der Waals surface area contributed by atoms with Gasteiger partial charge in [-0.2, -0.15) is 0 Å². The first-order chi connectivity index (χ1) is 19.8. The molecule has 3 aromatic carbocycles. The fourth-order valence-electron chi connectivity index (χ4n) is 2.63. The Hall–Kier alpha value is -4.61. The zero-order valence-electron chi connectivity index (χ0n) is 21.7. The number of hydrogen-bond acceptors (Lipinski definition) is 6. The largest absolute Gasteiger partial charge is 3.00 e. The van der Waals surface area contributed by atoms with Crippen molar-refractivity contribution in [1.82, 2.24) is 0 Å². The first kappa shape index (κ1) is 38.4. The topological polar surface area (TPSA) is 120 Å². The predicted octanol–water partition coefficient (Wildman–Crippen LogP) is 4.13. The molecule has 0 radical (unpaired) electrons. The van der Waals surface area contributed by atoms with E-state index in [-0.39, 0.29) is 33.8 Å². The fourth-order valence-corrected chi connectivity index (χ4v) is 2.63. The molecule has 43 heavy (non-hydrogen) atoms. The molecule has 0 saturated heterocycles. The maximum Gasteiger partial charge on any atom is 3.00 e. The van der Waals surface area contributed by atoms with E-state index in [0.29, 0.717) is 18.2 Å². The van der Waals surface area contributed by atoms with Gasteiger partial charge < -0.3 is 15.3 Å². The Balaban J connectivity index is 0.000000608. The van der Waals surface area contributed by atoms with Crippen LogP contribution in [0.4, 0.5) is 26.3 Å². The summed E-state index contributed by atoms with van der Waals surface area (Å²) >= 11 is 0. The molecule has 0 saturated carbocycles. The van der Waals surface area contributed by atoms with Crippen LogP contribution >= 0.6 is 0 Å². The Morgan fingerprint density at radius 3 is 0.791 bits per heavy atom. The maximum absolute atomic E-state index is 11.8. The molecule has 0 heterocycles. The molecule has 0 aliphatic heterocycles. The molecular formula is C30H21F6MnO6. The van der Waals surface area contributed by atoms with Gasteiger partial charge in [0.2, 0.25) is 19.3 Å². The zero-order chi connectivity index (χ0) is 31.7. The van der Waals surface area contributed by atoms with Crippen LogP contribution in [0.25, 0.3) is 0 Å². The molecule has 0 bridgehead atoms. The molecule has 0 N–H and O–H groups in total. The van der Waals surface area contributed by atoms with Crippen LogP contribution < -0.4 is 15.3 Å². The fraction of sp³-hybridized carbons (Fsp3) is 0.100. The van der Waals surface area contributed by atoms with Gasteiger partial charge in [0.1, 0.15) is 0 Å². The summed E-state index contributed by atoms with van der Waals surface area (Å²) < 4.78 is 70.6. The van der Waals surface area contributed by atoms with Crippen molar-refractivity contribution in [3.8, 4) is 0 Å². The van der Waals surface area contributed by atoms with Crippen LogP contribution in [0.15, 0.2) is 127 Å². The molecule has 13 heteroatoms. The van der Waals surface area contributed by atoms with Gasteiger partial charge in [0.15, 0.2) is 17.3 Å². The average Bonchev–Trinajstić information content (AvgIpc) is 2.98. The minimum Gasteiger partial charge on any atom is -0.872 e. The Labute approximate surface area is 252 Å². The van der Waals surface area contributed by atoms with E-state index in [0.717, 1.165) is 0 Å². The van der Waals surface area contributed by atoms with Gasteiger partial charge in [-0.3, -0.25) is 14.4 Å². The van der Waals surface area contributed by atoms with E-state index < -0.39 is 53.9 Å². The first-order valence-electron chi connectivity index (χ1n) is 11.6. The molecule has 3 rings (SSSR count). The zero-order valence-corrected chi connectivity index (χ0v) is 22.9. The number of allylic oxidation sites excluding steroid dienone is 6. The van der Waals surface area contributed by atoms with Gasteiger partial charge in [0.05, 0.1) is 0 Å². The van der Waals surface area contributed by atoms with Crippen LogP contribution in [0.2, 0.25) is 0 Å². The van der Waals surface area contributed by atoms with Gasteiger partial charge >= 0.3 is 17.1 Å². The molecule has 0 aromatic heterocycles. The minimum atomic E-state index is -3.12. The van der Waals surface area contributed by atoms with Crippen molar-refractivity contribution < 1.29 is 73.1 Å². The van der Waals surface area contributed by atoms with E-state index in [1.165, 1.54) is 36.4 Å². The van der Waals surface area contributed by atoms with Crippen molar-refractivity contribution in [2.24, 2.45) is 0 Å². The number of carbonyl (C=O) groups is 3. The average molecular weight is 646 g/mol. The van der Waals surface area contributed by atoms with E-state index in [2.05, 4.69) is 0 Å². The van der Waals surface area contributed by atoms with Crippen LogP contribution in [0.5, 0.6) is 0 Å². The van der Waals surface area contributed by atoms with Crippen LogP contribution in [0.3, 0.4) is 0 Å². The number of hydrogen-bond donors (Lipinski definition) is 0. The summed E-state index contributed by atoms with van der Waals surface area (Å²) in [6.45, 7) is 0. The molecule has 6 nitrogen and oxygen atoms in total. The number of ketones is 3. The van der Waals surface area contributed by atoms with E-state index in [1.54, 1.807) is 54.6 Å². The maximum atomic E-state index is 11.8. The van der Waals surface area contributed by atoms with Crippen LogP contribution in [0, 0.1) is 0 Å². The number of halogens is 6. The van der Waals surface area contributed by atoms with Crippen LogP contribution in [0.1, 0.15) is 31.1 Å². The second kappa shape index (κ2) is 20.3. The second-order valence-corrected chi connectivity index (χ2v) is 7.73. The molecule has 3 aromatic rings. The molecule has 0 fully saturated rings. The molecule has 0 unspecified atom stereocenters. The van der Waals surface area contributed by atoms with Gasteiger partial charge in [0, 0.05) is 16.7 Å². The summed E-state index contributed by atoms with van der Waals surface area (Å²) in [4.78, 5) is 33.4. The summed E-state index contributed by atoms with van der Waals surface area (Å²) in [7, 11) is 0. The van der Waals surface area contributed by atoms with Crippen molar-refractivity contribution >= 4 is 17.3 Å². The quantitative estimate of drug-likeness (QED) is 0.113. The smallest absolute Gasteiger partial charge is 0.872 e. The molecule has 0 atom stereocenters. The SMILES string of the molecule is O=C(/C=C(\[O-])C(F)F)c1ccccc1.O=C(/C=C(\[O-])C(F)F)c1ccccc1.O=C(/C=C(\[O-])C(F)F)c1ccccc1.[Mn+3]. The van der Waals surface area contributed by atoms with Gasteiger partial charge in [-0.25, -0.2) is 26.3 Å². The molecular weight excluding hydrogens is 625 g/mol. The minimum absolute atomic E-state index is 0. The summed E-state index contributed by atoms with van der Waals surface area (Å²) in [6, 6.07) is 23.3.